The molecular formula is C28H27N3O5S2. The van der Waals surface area contributed by atoms with Gasteiger partial charge in [-0.2, -0.15) is 4.99 Å². The second kappa shape index (κ2) is 10.2. The molecule has 0 saturated heterocycles. The fraction of sp³-hybridized carbons (Fsp3) is 0.250. The number of hydrogen-bond donors (Lipinski definition) is 0. The molecule has 0 bridgehead atoms. The minimum Gasteiger partial charge on any atom is -0.468 e. The van der Waals surface area contributed by atoms with E-state index < -0.39 is 21.9 Å². The number of ether oxygens (including phenoxy) is 1. The van der Waals surface area contributed by atoms with Crippen LogP contribution < -0.4 is 9.11 Å². The topological polar surface area (TPSA) is 98.0 Å². The molecule has 0 aliphatic carbocycles. The van der Waals surface area contributed by atoms with Crippen LogP contribution in [0.5, 0.6) is 0 Å². The van der Waals surface area contributed by atoms with E-state index in [1.165, 1.54) is 47.0 Å². The number of nitrogens with zero attached hydrogens (tertiary/aromatic N) is 3. The molecule has 1 aromatic heterocycles. The highest BCUT2D eigenvalue weighted by Gasteiger charge is 2.30. The predicted molar refractivity (Wildman–Crippen MR) is 147 cm³/mol. The molecule has 0 spiro atoms. The lowest BCUT2D eigenvalue weighted by molar-refractivity contribution is -0.141. The third kappa shape index (κ3) is 4.77. The molecular weight excluding hydrogens is 522 g/mol. The molecule has 0 saturated carbocycles. The summed E-state index contributed by atoms with van der Waals surface area (Å²) in [4.78, 5) is 30.0. The third-order valence-electron chi connectivity index (χ3n) is 6.62. The van der Waals surface area contributed by atoms with E-state index >= 15 is 0 Å². The van der Waals surface area contributed by atoms with Crippen LogP contribution in [0.4, 0.5) is 5.69 Å². The molecule has 8 nitrogen and oxygen atoms in total. The Morgan fingerprint density at radius 2 is 1.79 bits per heavy atom. The van der Waals surface area contributed by atoms with Crippen LogP contribution in [0.1, 0.15) is 41.3 Å². The zero-order valence-electron chi connectivity index (χ0n) is 21.2. The first kappa shape index (κ1) is 25.9. The summed E-state index contributed by atoms with van der Waals surface area (Å²) in [7, 11) is -2.45. The van der Waals surface area contributed by atoms with Gasteiger partial charge in [0.1, 0.15) is 6.54 Å². The van der Waals surface area contributed by atoms with Gasteiger partial charge in [-0.3, -0.25) is 13.9 Å². The SMILES string of the molecule is COC(=O)Cn1c(=NC(=O)c2ccc(S(=O)(=O)N3CCc4ccccc43)cc2)sc2cc(C(C)C)ccc21. The van der Waals surface area contributed by atoms with E-state index in [2.05, 4.69) is 18.8 Å². The lowest BCUT2D eigenvalue weighted by Gasteiger charge is -2.19. The fourth-order valence-corrected chi connectivity index (χ4v) is 7.07. The quantitative estimate of drug-likeness (QED) is 0.330. The molecule has 1 aliphatic rings. The highest BCUT2D eigenvalue weighted by Crippen LogP contribution is 2.32. The number of methoxy groups -OCH3 is 1. The number of thiazole rings is 1. The lowest BCUT2D eigenvalue weighted by Crippen LogP contribution is -2.29. The first-order chi connectivity index (χ1) is 18.2. The van der Waals surface area contributed by atoms with E-state index in [4.69, 9.17) is 4.74 Å². The zero-order valence-corrected chi connectivity index (χ0v) is 22.9. The molecule has 0 fully saturated rings. The summed E-state index contributed by atoms with van der Waals surface area (Å²) in [6.07, 6.45) is 0.657. The van der Waals surface area contributed by atoms with Crippen molar-refractivity contribution < 1.29 is 22.7 Å². The van der Waals surface area contributed by atoms with E-state index in [1.807, 2.05) is 36.4 Å². The molecule has 1 amide bonds. The van der Waals surface area contributed by atoms with Crippen molar-refractivity contribution in [1.82, 2.24) is 4.57 Å². The van der Waals surface area contributed by atoms with Gasteiger partial charge >= 0.3 is 5.97 Å². The number of anilines is 1. The van der Waals surface area contributed by atoms with Gasteiger partial charge in [-0.05, 0) is 65.9 Å². The second-order valence-electron chi connectivity index (χ2n) is 9.33. The maximum absolute atomic E-state index is 13.3. The van der Waals surface area contributed by atoms with Crippen molar-refractivity contribution >= 4 is 49.1 Å². The minimum absolute atomic E-state index is 0.0852. The van der Waals surface area contributed by atoms with Crippen LogP contribution in [0, 0.1) is 0 Å². The van der Waals surface area contributed by atoms with Crippen molar-refractivity contribution in [3.63, 3.8) is 0 Å². The van der Waals surface area contributed by atoms with E-state index in [0.29, 0.717) is 29.4 Å². The zero-order chi connectivity index (χ0) is 27.0. The second-order valence-corrected chi connectivity index (χ2v) is 12.2. The summed E-state index contributed by atoms with van der Waals surface area (Å²) in [5.41, 5.74) is 3.84. The molecule has 0 radical (unpaired) electrons. The lowest BCUT2D eigenvalue weighted by atomic mass is 10.0. The number of carbonyl (C=O) groups is 2. The van der Waals surface area contributed by atoms with Crippen molar-refractivity contribution in [2.45, 2.75) is 37.6 Å². The molecule has 3 aromatic carbocycles. The smallest absolute Gasteiger partial charge is 0.325 e. The van der Waals surface area contributed by atoms with Gasteiger partial charge in [0.05, 0.1) is 27.9 Å². The Morgan fingerprint density at radius 3 is 2.50 bits per heavy atom. The van der Waals surface area contributed by atoms with Crippen LogP contribution in [-0.2, 0) is 32.5 Å². The summed E-state index contributed by atoms with van der Waals surface area (Å²) < 4.78 is 35.4. The monoisotopic (exact) mass is 549 g/mol. The number of carbonyl (C=O) groups excluding carboxylic acids is 2. The van der Waals surface area contributed by atoms with Crippen LogP contribution in [0.3, 0.4) is 0 Å². The number of para-hydroxylation sites is 1. The number of esters is 1. The van der Waals surface area contributed by atoms with Crippen molar-refractivity contribution in [1.29, 1.82) is 0 Å². The van der Waals surface area contributed by atoms with E-state index in [9.17, 15) is 18.0 Å². The minimum atomic E-state index is -3.77. The Labute approximate surface area is 224 Å². The molecule has 2 heterocycles. The summed E-state index contributed by atoms with van der Waals surface area (Å²) >= 11 is 1.31. The predicted octanol–water partition coefficient (Wildman–Crippen LogP) is 4.49. The maximum atomic E-state index is 13.3. The van der Waals surface area contributed by atoms with Crippen molar-refractivity contribution in [3.05, 3.63) is 88.2 Å². The maximum Gasteiger partial charge on any atom is 0.325 e. The molecule has 10 heteroatoms. The van der Waals surface area contributed by atoms with Gasteiger partial charge in [0.25, 0.3) is 15.9 Å². The normalized spacial score (nSPS) is 13.8. The first-order valence-corrected chi connectivity index (χ1v) is 14.4. The van der Waals surface area contributed by atoms with Gasteiger partial charge in [0.15, 0.2) is 4.80 Å². The third-order valence-corrected chi connectivity index (χ3v) is 9.49. The van der Waals surface area contributed by atoms with Gasteiger partial charge in [-0.1, -0.05) is 49.4 Å². The van der Waals surface area contributed by atoms with E-state index in [0.717, 1.165) is 21.3 Å². The van der Waals surface area contributed by atoms with E-state index in [1.54, 1.807) is 10.6 Å². The van der Waals surface area contributed by atoms with Gasteiger partial charge in [-0.25, -0.2) is 8.42 Å². The van der Waals surface area contributed by atoms with Gasteiger partial charge in [0, 0.05) is 12.1 Å². The Morgan fingerprint density at radius 1 is 1.05 bits per heavy atom. The molecule has 38 heavy (non-hydrogen) atoms. The van der Waals surface area contributed by atoms with Gasteiger partial charge in [0.2, 0.25) is 0 Å². The van der Waals surface area contributed by atoms with Crippen LogP contribution in [0.2, 0.25) is 0 Å². The van der Waals surface area contributed by atoms with Crippen LogP contribution in [-0.4, -0.2) is 38.5 Å². The van der Waals surface area contributed by atoms with Crippen molar-refractivity contribution in [2.24, 2.45) is 4.99 Å². The number of fused-ring (bicyclic) bond motifs is 2. The standard InChI is InChI=1S/C28H27N3O5S2/c1-18(2)21-10-13-24-25(16-21)37-28(30(24)17-26(32)36-3)29-27(33)20-8-11-22(12-9-20)38(34,35)31-15-14-19-6-4-5-7-23(19)31/h4-13,16,18H,14-15,17H2,1-3H3. The van der Waals surface area contributed by atoms with Crippen molar-refractivity contribution in [2.75, 3.05) is 18.0 Å². The van der Waals surface area contributed by atoms with Crippen LogP contribution in [0.25, 0.3) is 10.2 Å². The average Bonchev–Trinajstić information content (AvgIpc) is 3.50. The molecule has 0 N–H and O–H groups in total. The van der Waals surface area contributed by atoms with E-state index in [-0.39, 0.29) is 17.0 Å². The molecule has 0 atom stereocenters. The number of sulfonamides is 1. The first-order valence-electron chi connectivity index (χ1n) is 12.2. The number of rotatable bonds is 6. The fourth-order valence-electron chi connectivity index (χ4n) is 4.49. The highest BCUT2D eigenvalue weighted by atomic mass is 32.2. The highest BCUT2D eigenvalue weighted by molar-refractivity contribution is 7.92. The summed E-state index contributed by atoms with van der Waals surface area (Å²) in [5, 5.41) is 0. The Bertz CT molecular complexity index is 1720. The largest absolute Gasteiger partial charge is 0.468 e. The summed E-state index contributed by atoms with van der Waals surface area (Å²) in [5.74, 6) is -0.666. The molecule has 196 valence electrons. The summed E-state index contributed by atoms with van der Waals surface area (Å²) in [6.45, 7) is 4.48. The molecule has 1 aliphatic heterocycles. The molecule has 0 unspecified atom stereocenters. The Balaban J connectivity index is 1.48. The molecule has 4 aromatic rings. The number of aromatic nitrogens is 1. The van der Waals surface area contributed by atoms with Crippen LogP contribution in [0.15, 0.2) is 76.6 Å². The number of benzene rings is 3. The van der Waals surface area contributed by atoms with Gasteiger partial charge in [-0.15, -0.1) is 0 Å². The van der Waals surface area contributed by atoms with Crippen LogP contribution >= 0.6 is 11.3 Å². The Hall–Kier alpha value is -3.76. The van der Waals surface area contributed by atoms with Crippen molar-refractivity contribution in [3.8, 4) is 0 Å². The Kier molecular flexibility index (Phi) is 6.93. The average molecular weight is 550 g/mol. The summed E-state index contributed by atoms with van der Waals surface area (Å²) in [6, 6.07) is 19.2. The molecule has 5 rings (SSSR count). The number of hydrogen-bond acceptors (Lipinski definition) is 6. The number of amides is 1. The van der Waals surface area contributed by atoms with Gasteiger partial charge < -0.3 is 9.30 Å².